The number of nitrogens with zero attached hydrogens (tertiary/aromatic N) is 1. The van der Waals surface area contributed by atoms with Crippen LogP contribution in [-0.2, 0) is 6.61 Å². The zero-order valence-electron chi connectivity index (χ0n) is 13.0. The largest absolute Gasteiger partial charge is 0.479 e. The van der Waals surface area contributed by atoms with Gasteiger partial charge in [-0.2, -0.15) is 0 Å². The van der Waals surface area contributed by atoms with Crippen LogP contribution in [0.25, 0.3) is 0 Å². The molecule has 126 valence electrons. The summed E-state index contributed by atoms with van der Waals surface area (Å²) in [5.41, 5.74) is 0.526. The summed E-state index contributed by atoms with van der Waals surface area (Å²) < 4.78 is 10.9. The third kappa shape index (κ3) is 4.03. The number of nitrogens with one attached hydrogen (secondary N) is 1. The molecule has 0 bridgehead atoms. The molecule has 0 atom stereocenters. The van der Waals surface area contributed by atoms with E-state index in [0.29, 0.717) is 11.4 Å². The van der Waals surface area contributed by atoms with Crippen LogP contribution in [0.3, 0.4) is 0 Å². The molecule has 7 nitrogen and oxygen atoms in total. The van der Waals surface area contributed by atoms with Gasteiger partial charge in [-0.1, -0.05) is 30.3 Å². The first-order chi connectivity index (χ1) is 12.1. The number of hydrogen-bond donors (Lipinski definition) is 1. The third-order valence-corrected chi connectivity index (χ3v) is 3.35. The lowest BCUT2D eigenvalue weighted by Gasteiger charge is -2.05. The number of ether oxygens (including phenoxy) is 1. The quantitative estimate of drug-likeness (QED) is 0.541. The molecule has 0 saturated heterocycles. The van der Waals surface area contributed by atoms with Gasteiger partial charge in [0.2, 0.25) is 0 Å². The Hall–Kier alpha value is -3.61. The number of amides is 1. The molecule has 0 aliphatic carbocycles. The number of nitro benzene ring substituents is 1. The number of nitro groups is 1. The Kier molecular flexibility index (Phi) is 4.75. The fourth-order valence-corrected chi connectivity index (χ4v) is 2.17. The lowest BCUT2D eigenvalue weighted by Crippen LogP contribution is -2.10. The number of carbonyl (C=O) groups excluding carboxylic acids is 1. The lowest BCUT2D eigenvalue weighted by atomic mass is 10.3. The summed E-state index contributed by atoms with van der Waals surface area (Å²) in [6.45, 7) is -0.0243. The minimum absolute atomic E-state index is 0.0243. The second kappa shape index (κ2) is 7.31. The van der Waals surface area contributed by atoms with Crippen LogP contribution in [0.2, 0.25) is 0 Å². The van der Waals surface area contributed by atoms with E-state index in [2.05, 4.69) is 5.32 Å². The summed E-state index contributed by atoms with van der Waals surface area (Å²) in [5.74, 6) is 0.267. The lowest BCUT2D eigenvalue weighted by molar-refractivity contribution is -0.386. The first-order valence-electron chi connectivity index (χ1n) is 7.45. The summed E-state index contributed by atoms with van der Waals surface area (Å²) in [6.07, 6.45) is 0. The Labute approximate surface area is 143 Å². The van der Waals surface area contributed by atoms with Crippen LogP contribution in [-0.4, -0.2) is 10.8 Å². The monoisotopic (exact) mass is 338 g/mol. The highest BCUT2D eigenvalue weighted by Crippen LogP contribution is 2.26. The Morgan fingerprint density at radius 2 is 1.76 bits per heavy atom. The summed E-state index contributed by atoms with van der Waals surface area (Å²) in [4.78, 5) is 22.5. The number of para-hydroxylation sites is 3. The van der Waals surface area contributed by atoms with Crippen molar-refractivity contribution in [2.75, 3.05) is 5.32 Å². The molecule has 0 unspecified atom stereocenters. The van der Waals surface area contributed by atoms with E-state index in [4.69, 9.17) is 9.15 Å². The van der Waals surface area contributed by atoms with Gasteiger partial charge in [0.05, 0.1) is 4.92 Å². The first kappa shape index (κ1) is 16.3. The molecule has 3 rings (SSSR count). The SMILES string of the molecule is O=C(Nc1ccccc1)c1ccc(COc2ccccc2[N+](=O)[O-])o1. The predicted molar refractivity (Wildman–Crippen MR) is 90.5 cm³/mol. The van der Waals surface area contributed by atoms with Crippen molar-refractivity contribution < 1.29 is 18.9 Å². The normalized spacial score (nSPS) is 10.2. The summed E-state index contributed by atoms with van der Waals surface area (Å²) in [6, 6.07) is 18.2. The van der Waals surface area contributed by atoms with Crippen molar-refractivity contribution in [3.8, 4) is 5.75 Å². The average Bonchev–Trinajstić information content (AvgIpc) is 3.10. The highest BCUT2D eigenvalue weighted by Gasteiger charge is 2.15. The smallest absolute Gasteiger partial charge is 0.310 e. The number of anilines is 1. The molecular formula is C18H14N2O5. The number of benzene rings is 2. The van der Waals surface area contributed by atoms with Gasteiger partial charge in [-0.25, -0.2) is 0 Å². The molecule has 0 aliphatic heterocycles. The maximum atomic E-state index is 12.1. The van der Waals surface area contributed by atoms with Crippen molar-refractivity contribution in [3.63, 3.8) is 0 Å². The topological polar surface area (TPSA) is 94.6 Å². The van der Waals surface area contributed by atoms with Gasteiger partial charge in [0.15, 0.2) is 11.5 Å². The third-order valence-electron chi connectivity index (χ3n) is 3.35. The van der Waals surface area contributed by atoms with E-state index in [-0.39, 0.29) is 29.7 Å². The maximum absolute atomic E-state index is 12.1. The van der Waals surface area contributed by atoms with Gasteiger partial charge in [0.25, 0.3) is 5.91 Å². The molecule has 0 radical (unpaired) electrons. The first-order valence-corrected chi connectivity index (χ1v) is 7.45. The van der Waals surface area contributed by atoms with E-state index in [1.165, 1.54) is 18.2 Å². The van der Waals surface area contributed by atoms with Crippen LogP contribution in [0.4, 0.5) is 11.4 Å². The van der Waals surface area contributed by atoms with E-state index in [1.807, 2.05) is 18.2 Å². The number of hydrogen-bond acceptors (Lipinski definition) is 5. The minimum Gasteiger partial charge on any atom is -0.479 e. The summed E-state index contributed by atoms with van der Waals surface area (Å²) in [7, 11) is 0. The van der Waals surface area contributed by atoms with Gasteiger partial charge in [0, 0.05) is 11.8 Å². The van der Waals surface area contributed by atoms with E-state index < -0.39 is 4.92 Å². The molecule has 0 fully saturated rings. The summed E-state index contributed by atoms with van der Waals surface area (Å²) >= 11 is 0. The van der Waals surface area contributed by atoms with Crippen LogP contribution >= 0.6 is 0 Å². The molecule has 0 saturated carbocycles. The molecule has 1 aromatic heterocycles. The molecule has 1 N–H and O–H groups in total. The second-order valence-electron chi connectivity index (χ2n) is 5.10. The summed E-state index contributed by atoms with van der Waals surface area (Å²) in [5, 5.41) is 13.7. The van der Waals surface area contributed by atoms with Crippen molar-refractivity contribution in [1.82, 2.24) is 0 Å². The highest BCUT2D eigenvalue weighted by atomic mass is 16.6. The van der Waals surface area contributed by atoms with Gasteiger partial charge in [-0.05, 0) is 30.3 Å². The van der Waals surface area contributed by atoms with E-state index in [1.54, 1.807) is 30.3 Å². The zero-order chi connectivity index (χ0) is 17.6. The van der Waals surface area contributed by atoms with Crippen molar-refractivity contribution in [2.45, 2.75) is 6.61 Å². The van der Waals surface area contributed by atoms with Crippen molar-refractivity contribution in [1.29, 1.82) is 0 Å². The Morgan fingerprint density at radius 1 is 1.04 bits per heavy atom. The van der Waals surface area contributed by atoms with Crippen molar-refractivity contribution in [3.05, 3.63) is 88.4 Å². The molecule has 25 heavy (non-hydrogen) atoms. The Bertz CT molecular complexity index is 889. The van der Waals surface area contributed by atoms with Crippen LogP contribution in [0.5, 0.6) is 5.75 Å². The molecule has 3 aromatic rings. The van der Waals surface area contributed by atoms with Crippen molar-refractivity contribution in [2.24, 2.45) is 0 Å². The van der Waals surface area contributed by atoms with Crippen LogP contribution in [0, 0.1) is 10.1 Å². The van der Waals surface area contributed by atoms with Crippen LogP contribution < -0.4 is 10.1 Å². The van der Waals surface area contributed by atoms with Gasteiger partial charge in [0.1, 0.15) is 12.4 Å². The van der Waals surface area contributed by atoms with Gasteiger partial charge < -0.3 is 14.5 Å². The van der Waals surface area contributed by atoms with Crippen molar-refractivity contribution >= 4 is 17.3 Å². The highest BCUT2D eigenvalue weighted by molar-refractivity contribution is 6.02. The van der Waals surface area contributed by atoms with Gasteiger partial charge in [-0.3, -0.25) is 14.9 Å². The molecule has 1 heterocycles. The standard InChI is InChI=1S/C18H14N2O5/c21-18(19-13-6-2-1-3-7-13)17-11-10-14(25-17)12-24-16-9-5-4-8-15(16)20(22)23/h1-11H,12H2,(H,19,21). The number of furan rings is 1. The van der Waals surface area contributed by atoms with Crippen LogP contribution in [0.15, 0.2) is 71.1 Å². The molecule has 0 spiro atoms. The van der Waals surface area contributed by atoms with Gasteiger partial charge in [-0.15, -0.1) is 0 Å². The fourth-order valence-electron chi connectivity index (χ4n) is 2.17. The molecule has 2 aromatic carbocycles. The molecule has 7 heteroatoms. The molecule has 1 amide bonds. The maximum Gasteiger partial charge on any atom is 0.310 e. The predicted octanol–water partition coefficient (Wildman–Crippen LogP) is 4.02. The Morgan fingerprint density at radius 3 is 2.52 bits per heavy atom. The molecule has 0 aliphatic rings. The zero-order valence-corrected chi connectivity index (χ0v) is 13.0. The van der Waals surface area contributed by atoms with Gasteiger partial charge >= 0.3 is 5.69 Å². The fraction of sp³-hybridized carbons (Fsp3) is 0.0556. The second-order valence-corrected chi connectivity index (χ2v) is 5.10. The number of rotatable bonds is 6. The van der Waals surface area contributed by atoms with Crippen LogP contribution in [0.1, 0.15) is 16.3 Å². The average molecular weight is 338 g/mol. The number of carbonyl (C=O) groups is 1. The Balaban J connectivity index is 1.64. The van der Waals surface area contributed by atoms with E-state index in [0.717, 1.165) is 0 Å². The van der Waals surface area contributed by atoms with E-state index in [9.17, 15) is 14.9 Å². The van der Waals surface area contributed by atoms with E-state index >= 15 is 0 Å². The minimum atomic E-state index is -0.518. The molecular weight excluding hydrogens is 324 g/mol.